The molecular formula is C21H33N3O2. The lowest BCUT2D eigenvalue weighted by Crippen LogP contribution is -2.65. The van der Waals surface area contributed by atoms with E-state index in [0.29, 0.717) is 35.2 Å². The molecule has 4 heterocycles. The van der Waals surface area contributed by atoms with Gasteiger partial charge in [-0.2, -0.15) is 0 Å². The molecule has 0 aliphatic carbocycles. The van der Waals surface area contributed by atoms with Gasteiger partial charge in [0.15, 0.2) is 0 Å². The zero-order chi connectivity index (χ0) is 18.3. The molecule has 5 heteroatoms. The Morgan fingerprint density at radius 1 is 1.23 bits per heavy atom. The van der Waals surface area contributed by atoms with Gasteiger partial charge in [-0.3, -0.25) is 9.69 Å². The molecule has 3 aliphatic heterocycles. The molecule has 3 saturated heterocycles. The first-order valence-electron chi connectivity index (χ1n) is 10.6. The van der Waals surface area contributed by atoms with E-state index >= 15 is 0 Å². The Kier molecular flexibility index (Phi) is 5.09. The lowest BCUT2D eigenvalue weighted by Gasteiger charge is -2.57. The van der Waals surface area contributed by atoms with Crippen LogP contribution in [0.15, 0.2) is 4.52 Å². The number of rotatable bonds is 4. The van der Waals surface area contributed by atoms with Crippen molar-refractivity contribution in [1.82, 2.24) is 15.0 Å². The van der Waals surface area contributed by atoms with Crippen molar-refractivity contribution in [3.8, 4) is 0 Å². The zero-order valence-electron chi connectivity index (χ0n) is 16.5. The third kappa shape index (κ3) is 2.98. The minimum atomic E-state index is 0.156. The lowest BCUT2D eigenvalue weighted by atomic mass is 9.69. The molecule has 5 nitrogen and oxygen atoms in total. The Morgan fingerprint density at radius 3 is 2.69 bits per heavy atom. The van der Waals surface area contributed by atoms with Gasteiger partial charge < -0.3 is 9.42 Å². The number of unbranched alkanes of at least 4 members (excludes halogenated alkanes) is 1. The summed E-state index contributed by atoms with van der Waals surface area (Å²) in [6.45, 7) is 9.44. The number of hydrogen-bond donors (Lipinski definition) is 0. The summed E-state index contributed by atoms with van der Waals surface area (Å²) >= 11 is 0. The molecule has 4 atom stereocenters. The van der Waals surface area contributed by atoms with E-state index in [4.69, 9.17) is 4.52 Å². The van der Waals surface area contributed by atoms with Gasteiger partial charge in [0, 0.05) is 18.6 Å². The molecule has 1 aromatic rings. The molecule has 1 aromatic heterocycles. The Bertz CT molecular complexity index is 634. The van der Waals surface area contributed by atoms with Crippen molar-refractivity contribution in [2.45, 2.75) is 77.8 Å². The van der Waals surface area contributed by atoms with E-state index in [0.717, 1.165) is 18.7 Å². The number of likely N-dealkylation sites (tertiary alicyclic amines) is 1. The van der Waals surface area contributed by atoms with Crippen LogP contribution in [0.4, 0.5) is 0 Å². The van der Waals surface area contributed by atoms with Crippen molar-refractivity contribution in [3.05, 3.63) is 17.0 Å². The molecule has 0 radical (unpaired) electrons. The highest BCUT2D eigenvalue weighted by molar-refractivity contribution is 5.96. The maximum absolute atomic E-state index is 13.5. The Morgan fingerprint density at radius 2 is 2.00 bits per heavy atom. The normalized spacial score (nSPS) is 31.7. The van der Waals surface area contributed by atoms with Crippen molar-refractivity contribution in [1.29, 1.82) is 0 Å². The molecule has 0 spiro atoms. The average Bonchev–Trinajstić information content (AvgIpc) is 2.99. The van der Waals surface area contributed by atoms with Crippen molar-refractivity contribution in [2.75, 3.05) is 19.6 Å². The number of piperidine rings is 3. The van der Waals surface area contributed by atoms with E-state index in [1.165, 1.54) is 51.6 Å². The number of carbonyl (C=O) groups excluding carboxylic acids is 1. The molecule has 0 aromatic carbocycles. The van der Waals surface area contributed by atoms with E-state index in [1.807, 2.05) is 13.8 Å². The van der Waals surface area contributed by atoms with Gasteiger partial charge in [0.1, 0.15) is 11.3 Å². The summed E-state index contributed by atoms with van der Waals surface area (Å²) < 4.78 is 5.31. The number of aromatic nitrogens is 1. The fourth-order valence-electron chi connectivity index (χ4n) is 5.94. The number of nitrogens with zero attached hydrogens (tertiary/aromatic N) is 3. The quantitative estimate of drug-likeness (QED) is 0.820. The third-order valence-electron chi connectivity index (χ3n) is 7.03. The van der Waals surface area contributed by atoms with E-state index in [1.54, 1.807) is 0 Å². The molecular weight excluding hydrogens is 326 g/mol. The molecule has 144 valence electrons. The number of amides is 1. The number of aryl methyl sites for hydroxylation is 2. The first-order valence-corrected chi connectivity index (χ1v) is 10.6. The van der Waals surface area contributed by atoms with Crippen molar-refractivity contribution < 1.29 is 9.32 Å². The maximum atomic E-state index is 13.5. The van der Waals surface area contributed by atoms with Gasteiger partial charge in [-0.05, 0) is 70.9 Å². The van der Waals surface area contributed by atoms with Crippen LogP contribution in [0.5, 0.6) is 0 Å². The van der Waals surface area contributed by atoms with Gasteiger partial charge in [0.25, 0.3) is 5.91 Å². The summed E-state index contributed by atoms with van der Waals surface area (Å²) in [5, 5.41) is 4.03. The van der Waals surface area contributed by atoms with E-state index in [-0.39, 0.29) is 5.91 Å². The van der Waals surface area contributed by atoms with Gasteiger partial charge in [-0.15, -0.1) is 0 Å². The van der Waals surface area contributed by atoms with Gasteiger partial charge >= 0.3 is 0 Å². The predicted molar refractivity (Wildman–Crippen MR) is 101 cm³/mol. The third-order valence-corrected chi connectivity index (χ3v) is 7.03. The number of carbonyl (C=O) groups is 1. The minimum absolute atomic E-state index is 0.156. The maximum Gasteiger partial charge on any atom is 0.259 e. The Hall–Kier alpha value is -1.36. The second-order valence-electron chi connectivity index (χ2n) is 8.60. The number of hydrogen-bond acceptors (Lipinski definition) is 4. The molecule has 1 amide bonds. The first kappa shape index (κ1) is 18.0. The highest BCUT2D eigenvalue weighted by Crippen LogP contribution is 2.43. The molecule has 26 heavy (non-hydrogen) atoms. The van der Waals surface area contributed by atoms with Gasteiger partial charge in [0.05, 0.1) is 5.69 Å². The van der Waals surface area contributed by atoms with Crippen molar-refractivity contribution in [2.24, 2.45) is 11.8 Å². The molecule has 4 rings (SSSR count). The van der Waals surface area contributed by atoms with Crippen LogP contribution >= 0.6 is 0 Å². The zero-order valence-corrected chi connectivity index (χ0v) is 16.5. The van der Waals surface area contributed by atoms with Crippen LogP contribution in [0.3, 0.4) is 0 Å². The summed E-state index contributed by atoms with van der Waals surface area (Å²) in [6, 6.07) is 1.08. The highest BCUT2D eigenvalue weighted by Gasteiger charge is 2.49. The van der Waals surface area contributed by atoms with Crippen LogP contribution in [0.25, 0.3) is 0 Å². The van der Waals surface area contributed by atoms with Crippen molar-refractivity contribution in [3.63, 3.8) is 0 Å². The molecule has 0 unspecified atom stereocenters. The van der Waals surface area contributed by atoms with E-state index in [9.17, 15) is 4.79 Å². The van der Waals surface area contributed by atoms with Gasteiger partial charge in [-0.25, -0.2) is 0 Å². The first-order chi connectivity index (χ1) is 12.6. The lowest BCUT2D eigenvalue weighted by molar-refractivity contribution is -0.0672. The second kappa shape index (κ2) is 7.34. The molecule has 0 bridgehead atoms. The summed E-state index contributed by atoms with van der Waals surface area (Å²) in [6.07, 6.45) is 8.62. The van der Waals surface area contributed by atoms with Crippen LogP contribution in [0.1, 0.15) is 73.7 Å². The standard InChI is InChI=1S/C21H33N3O2/c1-4-5-10-18-17-9-7-12-23-11-6-8-16(20(17)23)13-24(18)21(25)19-14(2)22-26-15(19)3/h16-18,20H,4-13H2,1-3H3/t16-,17+,18+,20-/m0/s1. The summed E-state index contributed by atoms with van der Waals surface area (Å²) in [7, 11) is 0. The van der Waals surface area contributed by atoms with Crippen LogP contribution in [0.2, 0.25) is 0 Å². The SMILES string of the molecule is CCCC[C@@H]1[C@H]2CCCN3CCC[C@@H](CN1C(=O)c1c(C)noc1C)[C@@H]23. The summed E-state index contributed by atoms with van der Waals surface area (Å²) in [5.74, 6) is 2.09. The van der Waals surface area contributed by atoms with E-state index in [2.05, 4.69) is 21.9 Å². The Labute approximate surface area is 157 Å². The second-order valence-corrected chi connectivity index (χ2v) is 8.60. The molecule has 0 N–H and O–H groups in total. The predicted octanol–water partition coefficient (Wildman–Crippen LogP) is 3.80. The van der Waals surface area contributed by atoms with Crippen LogP contribution in [-0.4, -0.2) is 52.6 Å². The van der Waals surface area contributed by atoms with Crippen molar-refractivity contribution >= 4 is 5.91 Å². The van der Waals surface area contributed by atoms with Gasteiger partial charge in [-0.1, -0.05) is 24.9 Å². The summed E-state index contributed by atoms with van der Waals surface area (Å²) in [5.41, 5.74) is 1.44. The molecule has 0 saturated carbocycles. The monoisotopic (exact) mass is 359 g/mol. The smallest absolute Gasteiger partial charge is 0.259 e. The van der Waals surface area contributed by atoms with Crippen LogP contribution in [-0.2, 0) is 0 Å². The van der Waals surface area contributed by atoms with E-state index < -0.39 is 0 Å². The largest absolute Gasteiger partial charge is 0.361 e. The minimum Gasteiger partial charge on any atom is -0.361 e. The van der Waals surface area contributed by atoms with Gasteiger partial charge in [0.2, 0.25) is 0 Å². The molecule has 3 fully saturated rings. The average molecular weight is 360 g/mol. The fourth-order valence-corrected chi connectivity index (χ4v) is 5.94. The Balaban J connectivity index is 1.66. The van der Waals surface area contributed by atoms with Crippen LogP contribution in [0, 0.1) is 25.7 Å². The molecule has 3 aliphatic rings. The summed E-state index contributed by atoms with van der Waals surface area (Å²) in [4.78, 5) is 18.5. The highest BCUT2D eigenvalue weighted by atomic mass is 16.5. The topological polar surface area (TPSA) is 49.6 Å². The fraction of sp³-hybridized carbons (Fsp3) is 0.810. The van der Waals surface area contributed by atoms with Crippen LogP contribution < -0.4 is 0 Å².